The monoisotopic (exact) mass is 376 g/mol. The lowest BCUT2D eigenvalue weighted by Gasteiger charge is -2.09. The van der Waals surface area contributed by atoms with E-state index in [1.54, 1.807) is 60.9 Å². The van der Waals surface area contributed by atoms with Crippen molar-refractivity contribution >= 4 is 28.9 Å². The summed E-state index contributed by atoms with van der Waals surface area (Å²) in [6.45, 7) is 0.230. The second-order valence-corrected chi connectivity index (χ2v) is 6.02. The summed E-state index contributed by atoms with van der Waals surface area (Å²) in [6.07, 6.45) is 3.36. The Kier molecular flexibility index (Phi) is 6.33. The van der Waals surface area contributed by atoms with Crippen LogP contribution >= 0.6 is 0 Å². The number of carbonyl (C=O) groups is 2. The van der Waals surface area contributed by atoms with Gasteiger partial charge in [-0.3, -0.25) is 14.6 Å². The molecular formula is C21H20N4O3. The van der Waals surface area contributed by atoms with Crippen molar-refractivity contribution in [2.75, 3.05) is 23.0 Å². The lowest BCUT2D eigenvalue weighted by atomic mass is 10.2. The zero-order valence-corrected chi connectivity index (χ0v) is 15.1. The molecule has 142 valence electrons. The first-order valence-corrected chi connectivity index (χ1v) is 8.64. The number of nitrogen functional groups attached to an aromatic ring is 1. The van der Waals surface area contributed by atoms with Gasteiger partial charge in [-0.1, -0.05) is 18.2 Å². The molecule has 0 saturated carbocycles. The van der Waals surface area contributed by atoms with Gasteiger partial charge < -0.3 is 21.1 Å². The standard InChI is InChI=1S/C21H20N4O3/c22-18-5-1-2-6-19(18)25-21(27)16-7-9-17(10-8-16)24-20(26)14-28-13-15-4-3-11-23-12-15/h1-12H,13-14,22H2,(H,24,26)(H,25,27). The third-order valence-electron chi connectivity index (χ3n) is 3.86. The number of para-hydroxylation sites is 2. The van der Waals surface area contributed by atoms with E-state index in [1.807, 2.05) is 12.1 Å². The highest BCUT2D eigenvalue weighted by Gasteiger charge is 2.09. The van der Waals surface area contributed by atoms with Crippen LogP contribution < -0.4 is 16.4 Å². The average Bonchev–Trinajstić information content (AvgIpc) is 2.71. The molecule has 0 bridgehead atoms. The van der Waals surface area contributed by atoms with Crippen LogP contribution in [0.4, 0.5) is 17.1 Å². The Bertz CT molecular complexity index is 943. The normalized spacial score (nSPS) is 10.3. The summed E-state index contributed by atoms with van der Waals surface area (Å²) in [5.74, 6) is -0.561. The molecule has 0 aliphatic rings. The molecule has 0 saturated heterocycles. The van der Waals surface area contributed by atoms with E-state index in [9.17, 15) is 9.59 Å². The molecule has 2 aromatic carbocycles. The van der Waals surface area contributed by atoms with Crippen LogP contribution in [0.3, 0.4) is 0 Å². The Morgan fingerprint density at radius 1 is 0.964 bits per heavy atom. The summed E-state index contributed by atoms with van der Waals surface area (Å²) < 4.78 is 5.37. The maximum Gasteiger partial charge on any atom is 0.255 e. The van der Waals surface area contributed by atoms with Crippen LogP contribution in [0.25, 0.3) is 0 Å². The molecule has 7 nitrogen and oxygen atoms in total. The van der Waals surface area contributed by atoms with Crippen LogP contribution in [0.2, 0.25) is 0 Å². The number of hydrogen-bond donors (Lipinski definition) is 3. The molecule has 28 heavy (non-hydrogen) atoms. The first-order valence-electron chi connectivity index (χ1n) is 8.64. The van der Waals surface area contributed by atoms with Crippen LogP contribution in [0.15, 0.2) is 73.1 Å². The van der Waals surface area contributed by atoms with Crippen molar-refractivity contribution in [2.45, 2.75) is 6.61 Å². The van der Waals surface area contributed by atoms with E-state index in [4.69, 9.17) is 10.5 Å². The van der Waals surface area contributed by atoms with Crippen LogP contribution in [-0.4, -0.2) is 23.4 Å². The topological polar surface area (TPSA) is 106 Å². The Morgan fingerprint density at radius 3 is 2.46 bits per heavy atom. The molecule has 1 heterocycles. The van der Waals surface area contributed by atoms with Crippen molar-refractivity contribution in [1.29, 1.82) is 0 Å². The highest BCUT2D eigenvalue weighted by atomic mass is 16.5. The molecule has 1 aromatic heterocycles. The Hall–Kier alpha value is -3.71. The van der Waals surface area contributed by atoms with Gasteiger partial charge in [-0.15, -0.1) is 0 Å². The smallest absolute Gasteiger partial charge is 0.255 e. The van der Waals surface area contributed by atoms with E-state index in [0.29, 0.717) is 29.2 Å². The third kappa shape index (κ3) is 5.39. The maximum atomic E-state index is 12.3. The minimum absolute atomic E-state index is 0.0790. The molecule has 0 aliphatic carbocycles. The first-order chi connectivity index (χ1) is 13.6. The summed E-state index contributed by atoms with van der Waals surface area (Å²) in [5.41, 5.74) is 8.79. The molecule has 7 heteroatoms. The summed E-state index contributed by atoms with van der Waals surface area (Å²) in [7, 11) is 0. The number of amides is 2. The van der Waals surface area contributed by atoms with Gasteiger partial charge in [0, 0.05) is 23.6 Å². The third-order valence-corrected chi connectivity index (χ3v) is 3.86. The molecule has 0 fully saturated rings. The van der Waals surface area contributed by atoms with Gasteiger partial charge in [0.2, 0.25) is 5.91 Å². The summed E-state index contributed by atoms with van der Waals surface area (Å²) in [6, 6.07) is 17.3. The second-order valence-electron chi connectivity index (χ2n) is 6.02. The van der Waals surface area contributed by atoms with Gasteiger partial charge in [-0.05, 0) is 48.0 Å². The SMILES string of the molecule is Nc1ccccc1NC(=O)c1ccc(NC(=O)COCc2cccnc2)cc1. The number of ether oxygens (including phenoxy) is 1. The highest BCUT2D eigenvalue weighted by molar-refractivity contribution is 6.06. The molecule has 4 N–H and O–H groups in total. The van der Waals surface area contributed by atoms with Crippen LogP contribution in [0.1, 0.15) is 15.9 Å². The number of anilines is 3. The number of rotatable bonds is 7. The Labute approximate surface area is 162 Å². The largest absolute Gasteiger partial charge is 0.397 e. The quantitative estimate of drug-likeness (QED) is 0.550. The predicted molar refractivity (Wildman–Crippen MR) is 108 cm³/mol. The summed E-state index contributed by atoms with van der Waals surface area (Å²) in [5, 5.41) is 5.48. The molecule has 3 aromatic rings. The van der Waals surface area contributed by atoms with Crippen molar-refractivity contribution in [3.05, 3.63) is 84.2 Å². The summed E-state index contributed by atoms with van der Waals surface area (Å²) >= 11 is 0. The average molecular weight is 376 g/mol. The fourth-order valence-electron chi connectivity index (χ4n) is 2.45. The van der Waals surface area contributed by atoms with E-state index in [1.165, 1.54) is 0 Å². The van der Waals surface area contributed by atoms with E-state index in [0.717, 1.165) is 5.56 Å². The molecule has 0 atom stereocenters. The molecule has 0 radical (unpaired) electrons. The number of nitrogens with zero attached hydrogens (tertiary/aromatic N) is 1. The molecular weight excluding hydrogens is 356 g/mol. The van der Waals surface area contributed by atoms with E-state index >= 15 is 0 Å². The van der Waals surface area contributed by atoms with Crippen molar-refractivity contribution in [3.8, 4) is 0 Å². The number of hydrogen-bond acceptors (Lipinski definition) is 5. The van der Waals surface area contributed by atoms with Gasteiger partial charge in [0.25, 0.3) is 5.91 Å². The van der Waals surface area contributed by atoms with Gasteiger partial charge in [-0.2, -0.15) is 0 Å². The number of nitrogens with two attached hydrogens (primary N) is 1. The van der Waals surface area contributed by atoms with Gasteiger partial charge in [0.15, 0.2) is 0 Å². The fourth-order valence-corrected chi connectivity index (χ4v) is 2.45. The van der Waals surface area contributed by atoms with Crippen molar-refractivity contribution in [2.24, 2.45) is 0 Å². The number of pyridine rings is 1. The number of benzene rings is 2. The Morgan fingerprint density at radius 2 is 1.75 bits per heavy atom. The first kappa shape index (κ1) is 19.1. The van der Waals surface area contributed by atoms with Gasteiger partial charge in [0.1, 0.15) is 6.61 Å². The number of nitrogens with one attached hydrogen (secondary N) is 2. The van der Waals surface area contributed by atoms with Crippen LogP contribution in [-0.2, 0) is 16.1 Å². The molecule has 3 rings (SSSR count). The Balaban J connectivity index is 1.49. The van der Waals surface area contributed by atoms with Crippen molar-refractivity contribution < 1.29 is 14.3 Å². The van der Waals surface area contributed by atoms with Crippen molar-refractivity contribution in [1.82, 2.24) is 4.98 Å². The van der Waals surface area contributed by atoms with E-state index < -0.39 is 0 Å². The zero-order valence-electron chi connectivity index (χ0n) is 15.1. The fraction of sp³-hybridized carbons (Fsp3) is 0.0952. The highest BCUT2D eigenvalue weighted by Crippen LogP contribution is 2.18. The molecule has 0 aliphatic heterocycles. The lowest BCUT2D eigenvalue weighted by Crippen LogP contribution is -2.18. The zero-order chi connectivity index (χ0) is 19.8. The van der Waals surface area contributed by atoms with E-state index in [-0.39, 0.29) is 18.4 Å². The van der Waals surface area contributed by atoms with Gasteiger partial charge in [-0.25, -0.2) is 0 Å². The van der Waals surface area contributed by atoms with Crippen LogP contribution in [0, 0.1) is 0 Å². The lowest BCUT2D eigenvalue weighted by molar-refractivity contribution is -0.121. The van der Waals surface area contributed by atoms with Crippen molar-refractivity contribution in [3.63, 3.8) is 0 Å². The predicted octanol–water partition coefficient (Wildman–Crippen LogP) is 3.07. The maximum absolute atomic E-state index is 12.3. The number of carbonyl (C=O) groups excluding carboxylic acids is 2. The molecule has 2 amide bonds. The molecule has 0 spiro atoms. The van der Waals surface area contributed by atoms with Gasteiger partial charge in [0.05, 0.1) is 18.0 Å². The summed E-state index contributed by atoms with van der Waals surface area (Å²) in [4.78, 5) is 28.2. The van der Waals surface area contributed by atoms with Gasteiger partial charge >= 0.3 is 0 Å². The second kappa shape index (κ2) is 9.29. The number of aromatic nitrogens is 1. The minimum Gasteiger partial charge on any atom is -0.397 e. The van der Waals surface area contributed by atoms with E-state index in [2.05, 4.69) is 15.6 Å². The molecule has 0 unspecified atom stereocenters. The van der Waals surface area contributed by atoms with Crippen LogP contribution in [0.5, 0.6) is 0 Å². The minimum atomic E-state index is -0.282.